The number of nitrogens with one attached hydrogen (secondary N) is 1. The van der Waals surface area contributed by atoms with Crippen molar-refractivity contribution in [1.82, 2.24) is 5.32 Å². The second-order valence-electron chi connectivity index (χ2n) is 5.92. The fraction of sp³-hybridized carbons (Fsp3) is 0.647. The average Bonchev–Trinajstić information content (AvgIpc) is 3.24. The molecule has 1 saturated carbocycles. The molecular weight excluding hydrogens is 253 g/mol. The van der Waals surface area contributed by atoms with Crippen LogP contribution in [0.1, 0.15) is 51.2 Å². The van der Waals surface area contributed by atoms with Crippen LogP contribution in [-0.4, -0.2) is 19.2 Å². The molecule has 0 heterocycles. The Bertz CT molecular complexity index is 406. The van der Waals surface area contributed by atoms with Gasteiger partial charge in [-0.3, -0.25) is 0 Å². The van der Waals surface area contributed by atoms with Crippen LogP contribution >= 0.6 is 0 Å². The summed E-state index contributed by atoms with van der Waals surface area (Å²) in [5, 5.41) is 3.45. The van der Waals surface area contributed by atoms with Gasteiger partial charge in [0, 0.05) is 18.2 Å². The Balaban J connectivity index is 1.94. The Morgan fingerprint density at radius 3 is 2.75 bits per heavy atom. The van der Waals surface area contributed by atoms with Crippen LogP contribution in [0.3, 0.4) is 0 Å². The first-order chi connectivity index (χ1) is 9.70. The van der Waals surface area contributed by atoms with E-state index in [2.05, 4.69) is 19.2 Å². The van der Waals surface area contributed by atoms with E-state index in [-0.39, 0.29) is 11.9 Å². The standard InChI is InChI=1S/C17H26FNO/c1-3-6-13(2)12-20-17(11-19-14-9-10-14)15-7-4-5-8-16(15)18/h4-5,7-8,13-14,17,19H,3,6,9-12H2,1-2H3. The Morgan fingerprint density at radius 1 is 1.35 bits per heavy atom. The number of hydrogen-bond acceptors (Lipinski definition) is 2. The van der Waals surface area contributed by atoms with E-state index in [1.54, 1.807) is 6.07 Å². The van der Waals surface area contributed by atoms with Crippen LogP contribution in [0.5, 0.6) is 0 Å². The predicted molar refractivity (Wildman–Crippen MR) is 80.2 cm³/mol. The fourth-order valence-corrected chi connectivity index (χ4v) is 2.41. The lowest BCUT2D eigenvalue weighted by Crippen LogP contribution is -2.27. The van der Waals surface area contributed by atoms with Gasteiger partial charge in [0.1, 0.15) is 5.82 Å². The van der Waals surface area contributed by atoms with Gasteiger partial charge < -0.3 is 10.1 Å². The molecule has 20 heavy (non-hydrogen) atoms. The molecule has 0 aliphatic heterocycles. The highest BCUT2D eigenvalue weighted by atomic mass is 19.1. The van der Waals surface area contributed by atoms with Crippen molar-refractivity contribution in [2.24, 2.45) is 5.92 Å². The number of benzene rings is 1. The van der Waals surface area contributed by atoms with Crippen molar-refractivity contribution in [2.45, 2.75) is 51.7 Å². The van der Waals surface area contributed by atoms with Crippen molar-refractivity contribution >= 4 is 0 Å². The van der Waals surface area contributed by atoms with Gasteiger partial charge in [-0.05, 0) is 31.2 Å². The molecule has 0 bridgehead atoms. The second-order valence-corrected chi connectivity index (χ2v) is 5.92. The third-order valence-electron chi connectivity index (χ3n) is 3.78. The van der Waals surface area contributed by atoms with Gasteiger partial charge in [0.05, 0.1) is 12.7 Å². The summed E-state index contributed by atoms with van der Waals surface area (Å²) in [6.07, 6.45) is 4.60. The molecule has 1 N–H and O–H groups in total. The van der Waals surface area contributed by atoms with Crippen molar-refractivity contribution in [3.8, 4) is 0 Å². The molecule has 2 nitrogen and oxygen atoms in total. The summed E-state index contributed by atoms with van der Waals surface area (Å²) in [6.45, 7) is 5.76. The molecule has 1 fully saturated rings. The van der Waals surface area contributed by atoms with Crippen LogP contribution in [-0.2, 0) is 4.74 Å². The highest BCUT2D eigenvalue weighted by Gasteiger charge is 2.24. The van der Waals surface area contributed by atoms with E-state index < -0.39 is 0 Å². The van der Waals surface area contributed by atoms with Crippen molar-refractivity contribution in [1.29, 1.82) is 0 Å². The van der Waals surface area contributed by atoms with Crippen molar-refractivity contribution in [3.63, 3.8) is 0 Å². The molecule has 1 aromatic carbocycles. The maximum Gasteiger partial charge on any atom is 0.129 e. The van der Waals surface area contributed by atoms with Crippen LogP contribution in [0, 0.1) is 11.7 Å². The van der Waals surface area contributed by atoms with Crippen LogP contribution in [0.4, 0.5) is 4.39 Å². The minimum atomic E-state index is -0.184. The van der Waals surface area contributed by atoms with Gasteiger partial charge in [-0.2, -0.15) is 0 Å². The third kappa shape index (κ3) is 4.88. The molecule has 3 heteroatoms. The van der Waals surface area contributed by atoms with Crippen LogP contribution in [0.25, 0.3) is 0 Å². The van der Waals surface area contributed by atoms with Gasteiger partial charge in [-0.15, -0.1) is 0 Å². The van der Waals surface area contributed by atoms with Gasteiger partial charge in [-0.1, -0.05) is 38.5 Å². The molecular formula is C17H26FNO. The first-order valence-corrected chi connectivity index (χ1v) is 7.80. The molecule has 2 unspecified atom stereocenters. The van der Waals surface area contributed by atoms with Crippen LogP contribution in [0.15, 0.2) is 24.3 Å². The third-order valence-corrected chi connectivity index (χ3v) is 3.78. The Hall–Kier alpha value is -0.930. The molecule has 0 saturated heterocycles. The molecule has 0 amide bonds. The number of halogens is 1. The zero-order valence-electron chi connectivity index (χ0n) is 12.6. The highest BCUT2D eigenvalue weighted by Crippen LogP contribution is 2.24. The van der Waals surface area contributed by atoms with Crippen LogP contribution < -0.4 is 5.32 Å². The summed E-state index contributed by atoms with van der Waals surface area (Å²) >= 11 is 0. The Morgan fingerprint density at radius 2 is 2.10 bits per heavy atom. The molecule has 112 valence electrons. The first-order valence-electron chi connectivity index (χ1n) is 7.80. The maximum atomic E-state index is 13.9. The second kappa shape index (κ2) is 7.75. The van der Waals surface area contributed by atoms with E-state index in [1.165, 1.54) is 18.9 Å². The molecule has 2 atom stereocenters. The summed E-state index contributed by atoms with van der Waals surface area (Å²) < 4.78 is 19.9. The highest BCUT2D eigenvalue weighted by molar-refractivity contribution is 5.20. The van der Waals surface area contributed by atoms with Gasteiger partial charge in [-0.25, -0.2) is 4.39 Å². The molecule has 0 aromatic heterocycles. The van der Waals surface area contributed by atoms with Gasteiger partial charge in [0.2, 0.25) is 0 Å². The first kappa shape index (κ1) is 15.5. The van der Waals surface area contributed by atoms with Gasteiger partial charge in [0.25, 0.3) is 0 Å². The van der Waals surface area contributed by atoms with E-state index in [0.717, 1.165) is 12.8 Å². The number of ether oxygens (including phenoxy) is 1. The van der Waals surface area contributed by atoms with E-state index >= 15 is 0 Å². The van der Waals surface area contributed by atoms with E-state index in [1.807, 2.05) is 12.1 Å². The summed E-state index contributed by atoms with van der Waals surface area (Å²) in [7, 11) is 0. The van der Waals surface area contributed by atoms with Gasteiger partial charge in [0.15, 0.2) is 0 Å². The SMILES string of the molecule is CCCC(C)COC(CNC1CC1)c1ccccc1F. The molecule has 0 radical (unpaired) electrons. The summed E-state index contributed by atoms with van der Waals surface area (Å²) in [6, 6.07) is 7.56. The fourth-order valence-electron chi connectivity index (χ4n) is 2.41. The minimum Gasteiger partial charge on any atom is -0.372 e. The average molecular weight is 279 g/mol. The van der Waals surface area contributed by atoms with Crippen molar-refractivity contribution < 1.29 is 9.13 Å². The normalized spacial score (nSPS) is 17.9. The Labute approximate surface area is 121 Å². The zero-order valence-corrected chi connectivity index (χ0v) is 12.6. The smallest absolute Gasteiger partial charge is 0.129 e. The van der Waals surface area contributed by atoms with E-state index in [4.69, 9.17) is 4.74 Å². The Kier molecular flexibility index (Phi) is 5.99. The summed E-state index contributed by atoms with van der Waals surface area (Å²) in [5.74, 6) is 0.355. The van der Waals surface area contributed by atoms with Gasteiger partial charge >= 0.3 is 0 Å². The number of rotatable bonds is 9. The lowest BCUT2D eigenvalue weighted by atomic mass is 10.1. The molecule has 1 aromatic rings. The quantitative estimate of drug-likeness (QED) is 0.735. The summed E-state index contributed by atoms with van der Waals surface area (Å²) in [5.41, 5.74) is 0.671. The minimum absolute atomic E-state index is 0.168. The lowest BCUT2D eigenvalue weighted by molar-refractivity contribution is 0.0277. The van der Waals surface area contributed by atoms with Crippen molar-refractivity contribution in [3.05, 3.63) is 35.6 Å². The van der Waals surface area contributed by atoms with E-state index in [0.29, 0.717) is 30.7 Å². The zero-order chi connectivity index (χ0) is 14.4. The van der Waals surface area contributed by atoms with E-state index in [9.17, 15) is 4.39 Å². The molecule has 1 aliphatic rings. The molecule has 2 rings (SSSR count). The molecule has 0 spiro atoms. The lowest BCUT2D eigenvalue weighted by Gasteiger charge is -2.21. The number of hydrogen-bond donors (Lipinski definition) is 1. The largest absolute Gasteiger partial charge is 0.372 e. The topological polar surface area (TPSA) is 21.3 Å². The molecule has 1 aliphatic carbocycles. The predicted octanol–water partition coefficient (Wildman–Crippen LogP) is 4.07. The van der Waals surface area contributed by atoms with Crippen molar-refractivity contribution in [2.75, 3.05) is 13.2 Å². The van der Waals surface area contributed by atoms with Crippen LogP contribution in [0.2, 0.25) is 0 Å². The maximum absolute atomic E-state index is 13.9. The monoisotopic (exact) mass is 279 g/mol. The summed E-state index contributed by atoms with van der Waals surface area (Å²) in [4.78, 5) is 0.